The number of carbonyl (C=O) groups is 2. The Balaban J connectivity index is 1.90. The van der Waals surface area contributed by atoms with Crippen molar-refractivity contribution in [1.82, 2.24) is 4.90 Å². The van der Waals surface area contributed by atoms with E-state index in [1.807, 2.05) is 24.3 Å². The van der Waals surface area contributed by atoms with E-state index in [2.05, 4.69) is 0 Å². The van der Waals surface area contributed by atoms with Crippen LogP contribution in [-0.4, -0.2) is 35.0 Å². The Hall–Kier alpha value is -2.30. The number of para-hydroxylation sites is 1. The molecule has 3 rings (SSSR count). The van der Waals surface area contributed by atoms with E-state index in [1.54, 1.807) is 11.8 Å². The second kappa shape index (κ2) is 4.91. The number of carboxylic acid groups (broad SMARTS) is 1. The summed E-state index contributed by atoms with van der Waals surface area (Å²) in [7, 11) is 0. The average molecular weight is 287 g/mol. The molecule has 1 fully saturated rings. The van der Waals surface area contributed by atoms with Crippen LogP contribution in [0.25, 0.3) is 11.0 Å². The molecule has 1 atom stereocenters. The molecule has 2 aromatic rings. The number of nitrogens with zero attached hydrogens (tertiary/aromatic N) is 1. The zero-order valence-electron chi connectivity index (χ0n) is 11.8. The molecular weight excluding hydrogens is 270 g/mol. The van der Waals surface area contributed by atoms with Gasteiger partial charge in [-0.1, -0.05) is 18.2 Å². The summed E-state index contributed by atoms with van der Waals surface area (Å²) in [6.45, 7) is 2.52. The molecule has 1 N–H and O–H groups in total. The molecule has 1 aromatic heterocycles. The molecule has 1 aromatic carbocycles. The first kappa shape index (κ1) is 13.7. The van der Waals surface area contributed by atoms with Gasteiger partial charge in [0.15, 0.2) is 0 Å². The molecule has 0 spiro atoms. The number of hydrogen-bond donors (Lipinski definition) is 1. The normalized spacial score (nSPS) is 22.4. The van der Waals surface area contributed by atoms with Gasteiger partial charge in [-0.3, -0.25) is 9.59 Å². The molecule has 21 heavy (non-hydrogen) atoms. The van der Waals surface area contributed by atoms with E-state index in [1.165, 1.54) is 6.26 Å². The van der Waals surface area contributed by atoms with Crippen molar-refractivity contribution in [3.8, 4) is 0 Å². The third kappa shape index (κ3) is 2.28. The number of aliphatic carboxylic acids is 1. The minimum absolute atomic E-state index is 0.160. The van der Waals surface area contributed by atoms with Gasteiger partial charge in [-0.2, -0.15) is 0 Å². The van der Waals surface area contributed by atoms with Crippen molar-refractivity contribution in [1.29, 1.82) is 0 Å². The summed E-state index contributed by atoms with van der Waals surface area (Å²) < 4.78 is 5.40. The zero-order chi connectivity index (χ0) is 15.0. The van der Waals surface area contributed by atoms with Crippen molar-refractivity contribution in [3.63, 3.8) is 0 Å². The van der Waals surface area contributed by atoms with Gasteiger partial charge in [0.1, 0.15) is 11.8 Å². The second-order valence-electron chi connectivity index (χ2n) is 5.84. The van der Waals surface area contributed by atoms with Crippen molar-refractivity contribution < 1.29 is 19.1 Å². The van der Waals surface area contributed by atoms with Gasteiger partial charge in [0.25, 0.3) is 5.91 Å². The lowest BCUT2D eigenvalue weighted by Crippen LogP contribution is -2.48. The van der Waals surface area contributed by atoms with E-state index in [9.17, 15) is 14.7 Å². The van der Waals surface area contributed by atoms with Crippen molar-refractivity contribution in [2.75, 3.05) is 13.1 Å². The van der Waals surface area contributed by atoms with Crippen molar-refractivity contribution in [2.24, 2.45) is 5.41 Å². The molecule has 5 nitrogen and oxygen atoms in total. The van der Waals surface area contributed by atoms with Crippen LogP contribution in [0.15, 0.2) is 34.9 Å². The van der Waals surface area contributed by atoms with Crippen LogP contribution in [0.1, 0.15) is 30.1 Å². The lowest BCUT2D eigenvalue weighted by atomic mass is 9.82. The Morgan fingerprint density at radius 3 is 2.86 bits per heavy atom. The standard InChI is InChI=1S/C16H17NO4/c1-16(15(19)20)7-4-8-17(10-16)14(18)12-9-21-13-6-3-2-5-11(12)13/h2-3,5-6,9H,4,7-8,10H2,1H3,(H,19,20). The lowest BCUT2D eigenvalue weighted by Gasteiger charge is -2.37. The molecular formula is C16H17NO4. The summed E-state index contributed by atoms with van der Waals surface area (Å²) in [5.41, 5.74) is 0.298. The number of furan rings is 1. The van der Waals surface area contributed by atoms with Crippen LogP contribution in [0, 0.1) is 5.41 Å². The van der Waals surface area contributed by atoms with E-state index in [0.717, 1.165) is 5.39 Å². The lowest BCUT2D eigenvalue weighted by molar-refractivity contribution is -0.150. The molecule has 1 aliphatic heterocycles. The van der Waals surface area contributed by atoms with Gasteiger partial charge in [0.2, 0.25) is 0 Å². The molecule has 1 unspecified atom stereocenters. The Labute approximate surface area is 122 Å². The first-order valence-corrected chi connectivity index (χ1v) is 7.00. The quantitative estimate of drug-likeness (QED) is 0.922. The number of likely N-dealkylation sites (tertiary alicyclic amines) is 1. The Kier molecular flexibility index (Phi) is 3.20. The number of hydrogen-bond acceptors (Lipinski definition) is 3. The molecule has 0 radical (unpaired) electrons. The fourth-order valence-electron chi connectivity index (χ4n) is 2.90. The van der Waals surface area contributed by atoms with Crippen molar-refractivity contribution in [3.05, 3.63) is 36.1 Å². The maximum absolute atomic E-state index is 12.7. The van der Waals surface area contributed by atoms with Crippen LogP contribution in [0.2, 0.25) is 0 Å². The fraction of sp³-hybridized carbons (Fsp3) is 0.375. The predicted octanol–water partition coefficient (Wildman–Crippen LogP) is 2.76. The van der Waals surface area contributed by atoms with Crippen molar-refractivity contribution >= 4 is 22.8 Å². The Bertz CT molecular complexity index is 705. The van der Waals surface area contributed by atoms with E-state index in [4.69, 9.17) is 4.42 Å². The second-order valence-corrected chi connectivity index (χ2v) is 5.84. The molecule has 0 aliphatic carbocycles. The highest BCUT2D eigenvalue weighted by Gasteiger charge is 2.39. The summed E-state index contributed by atoms with van der Waals surface area (Å²) >= 11 is 0. The van der Waals surface area contributed by atoms with E-state index in [-0.39, 0.29) is 12.5 Å². The number of carbonyl (C=O) groups excluding carboxylic acids is 1. The topological polar surface area (TPSA) is 70.8 Å². The van der Waals surface area contributed by atoms with E-state index in [0.29, 0.717) is 30.5 Å². The molecule has 1 amide bonds. The fourth-order valence-corrected chi connectivity index (χ4v) is 2.90. The minimum atomic E-state index is -0.868. The van der Waals surface area contributed by atoms with Crippen LogP contribution >= 0.6 is 0 Å². The summed E-state index contributed by atoms with van der Waals surface area (Å²) in [6.07, 6.45) is 2.75. The highest BCUT2D eigenvalue weighted by molar-refractivity contribution is 6.06. The largest absolute Gasteiger partial charge is 0.481 e. The molecule has 2 heterocycles. The summed E-state index contributed by atoms with van der Waals surface area (Å²) in [5, 5.41) is 10.1. The SMILES string of the molecule is CC1(C(=O)O)CCCN(C(=O)c2coc3ccccc23)C1. The molecule has 1 saturated heterocycles. The number of benzene rings is 1. The third-order valence-corrected chi connectivity index (χ3v) is 4.21. The summed E-state index contributed by atoms with van der Waals surface area (Å²) in [5.74, 6) is -1.01. The highest BCUT2D eigenvalue weighted by Crippen LogP contribution is 2.31. The number of fused-ring (bicyclic) bond motifs is 1. The molecule has 1 aliphatic rings. The number of piperidine rings is 1. The Morgan fingerprint density at radius 2 is 2.10 bits per heavy atom. The van der Waals surface area contributed by atoms with Gasteiger partial charge < -0.3 is 14.4 Å². The van der Waals surface area contributed by atoms with Gasteiger partial charge in [0, 0.05) is 18.5 Å². The highest BCUT2D eigenvalue weighted by atomic mass is 16.4. The molecule has 0 bridgehead atoms. The zero-order valence-corrected chi connectivity index (χ0v) is 11.8. The van der Waals surface area contributed by atoms with Gasteiger partial charge >= 0.3 is 5.97 Å². The van der Waals surface area contributed by atoms with E-state index < -0.39 is 11.4 Å². The van der Waals surface area contributed by atoms with Crippen LogP contribution in [0.4, 0.5) is 0 Å². The first-order chi connectivity index (χ1) is 10.0. The van der Waals surface area contributed by atoms with Gasteiger partial charge in [0.05, 0.1) is 11.0 Å². The maximum Gasteiger partial charge on any atom is 0.311 e. The average Bonchev–Trinajstić information content (AvgIpc) is 2.90. The molecule has 110 valence electrons. The van der Waals surface area contributed by atoms with Gasteiger partial charge in [-0.05, 0) is 25.8 Å². The van der Waals surface area contributed by atoms with Crippen LogP contribution in [-0.2, 0) is 4.79 Å². The van der Waals surface area contributed by atoms with Crippen LogP contribution in [0.3, 0.4) is 0 Å². The predicted molar refractivity (Wildman–Crippen MR) is 77.1 cm³/mol. The summed E-state index contributed by atoms with van der Waals surface area (Å²) in [4.78, 5) is 25.7. The third-order valence-electron chi connectivity index (χ3n) is 4.21. The minimum Gasteiger partial charge on any atom is -0.481 e. The number of rotatable bonds is 2. The van der Waals surface area contributed by atoms with Crippen LogP contribution in [0.5, 0.6) is 0 Å². The Morgan fingerprint density at radius 1 is 1.33 bits per heavy atom. The smallest absolute Gasteiger partial charge is 0.311 e. The monoisotopic (exact) mass is 287 g/mol. The van der Waals surface area contributed by atoms with E-state index >= 15 is 0 Å². The number of carboxylic acids is 1. The van der Waals surface area contributed by atoms with Crippen LogP contribution < -0.4 is 0 Å². The van der Waals surface area contributed by atoms with Crippen molar-refractivity contribution in [2.45, 2.75) is 19.8 Å². The number of amides is 1. The molecule has 5 heteroatoms. The first-order valence-electron chi connectivity index (χ1n) is 7.00. The molecule has 0 saturated carbocycles. The van der Waals surface area contributed by atoms with Gasteiger partial charge in [-0.15, -0.1) is 0 Å². The van der Waals surface area contributed by atoms with Gasteiger partial charge in [-0.25, -0.2) is 0 Å². The maximum atomic E-state index is 12.7. The summed E-state index contributed by atoms with van der Waals surface area (Å²) in [6, 6.07) is 7.35.